The predicted molar refractivity (Wildman–Crippen MR) is 86.7 cm³/mol. The van der Waals surface area contributed by atoms with Crippen LogP contribution in [-0.2, 0) is 7.05 Å². The quantitative estimate of drug-likeness (QED) is 0.751. The number of fused-ring (bicyclic) bond motifs is 1. The number of carbonyl (C=O) groups excluding carboxylic acids is 1. The van der Waals surface area contributed by atoms with E-state index in [2.05, 4.69) is 5.32 Å². The predicted octanol–water partition coefficient (Wildman–Crippen LogP) is 4.33. The van der Waals surface area contributed by atoms with Crippen LogP contribution in [0.25, 0.3) is 10.9 Å². The van der Waals surface area contributed by atoms with Crippen LogP contribution in [0.4, 0.5) is 14.5 Å². The van der Waals surface area contributed by atoms with Gasteiger partial charge in [0.05, 0.1) is 11.1 Å². The fraction of sp³-hybridized carbons (Fsp3) is 0.167. The van der Waals surface area contributed by atoms with Gasteiger partial charge in [-0.3, -0.25) is 4.79 Å². The van der Waals surface area contributed by atoms with Crippen molar-refractivity contribution in [3.05, 3.63) is 64.9 Å². The Morgan fingerprint density at radius 2 is 1.83 bits per heavy atom. The molecule has 0 bridgehead atoms. The monoisotopic (exact) mass is 314 g/mol. The fourth-order valence-corrected chi connectivity index (χ4v) is 2.69. The molecular formula is C18H16F2N2O. The molecule has 0 saturated heterocycles. The summed E-state index contributed by atoms with van der Waals surface area (Å²) in [5.41, 5.74) is 2.78. The Morgan fingerprint density at radius 1 is 1.09 bits per heavy atom. The lowest BCUT2D eigenvalue weighted by molar-refractivity contribution is 0.102. The van der Waals surface area contributed by atoms with Crippen molar-refractivity contribution in [1.82, 2.24) is 4.57 Å². The van der Waals surface area contributed by atoms with E-state index in [9.17, 15) is 13.6 Å². The summed E-state index contributed by atoms with van der Waals surface area (Å²) in [6.45, 7) is 3.48. The average Bonchev–Trinajstić information content (AvgIpc) is 2.81. The molecule has 1 N–H and O–H groups in total. The second-order valence-electron chi connectivity index (χ2n) is 5.69. The molecular weight excluding hydrogens is 298 g/mol. The molecule has 23 heavy (non-hydrogen) atoms. The summed E-state index contributed by atoms with van der Waals surface area (Å²) in [6, 6.07) is 7.26. The molecule has 3 rings (SSSR count). The molecule has 0 saturated carbocycles. The van der Waals surface area contributed by atoms with E-state index in [1.807, 2.05) is 0 Å². The van der Waals surface area contributed by atoms with Gasteiger partial charge in [-0.25, -0.2) is 8.78 Å². The zero-order valence-electron chi connectivity index (χ0n) is 13.1. The van der Waals surface area contributed by atoms with E-state index in [1.54, 1.807) is 43.8 Å². The van der Waals surface area contributed by atoms with E-state index in [0.717, 1.165) is 5.56 Å². The number of benzene rings is 2. The number of hydrogen-bond donors (Lipinski definition) is 1. The van der Waals surface area contributed by atoms with Gasteiger partial charge in [0.25, 0.3) is 5.91 Å². The number of carbonyl (C=O) groups is 1. The van der Waals surface area contributed by atoms with E-state index in [4.69, 9.17) is 0 Å². The SMILES string of the molecule is Cc1cc(C)c(NC(=O)c2cn(C)c3cc(F)ccc23)cc1F. The van der Waals surface area contributed by atoms with Crippen molar-refractivity contribution in [1.29, 1.82) is 0 Å². The first-order valence-electron chi connectivity index (χ1n) is 7.19. The molecule has 0 atom stereocenters. The fourth-order valence-electron chi connectivity index (χ4n) is 2.69. The Balaban J connectivity index is 2.00. The molecule has 0 aliphatic carbocycles. The van der Waals surface area contributed by atoms with Crippen molar-refractivity contribution in [3.8, 4) is 0 Å². The van der Waals surface area contributed by atoms with Crippen molar-refractivity contribution >= 4 is 22.5 Å². The van der Waals surface area contributed by atoms with Crippen molar-refractivity contribution in [2.24, 2.45) is 7.05 Å². The lowest BCUT2D eigenvalue weighted by Crippen LogP contribution is -2.13. The first-order valence-corrected chi connectivity index (χ1v) is 7.19. The number of rotatable bonds is 2. The second-order valence-corrected chi connectivity index (χ2v) is 5.69. The highest BCUT2D eigenvalue weighted by Gasteiger charge is 2.16. The second kappa shape index (κ2) is 5.50. The Hall–Kier alpha value is -2.69. The van der Waals surface area contributed by atoms with Gasteiger partial charge in [-0.05, 0) is 49.2 Å². The molecule has 1 heterocycles. The van der Waals surface area contributed by atoms with Crippen LogP contribution in [0, 0.1) is 25.5 Å². The van der Waals surface area contributed by atoms with Crippen molar-refractivity contribution < 1.29 is 13.6 Å². The number of hydrogen-bond acceptors (Lipinski definition) is 1. The van der Waals surface area contributed by atoms with Gasteiger partial charge in [-0.1, -0.05) is 6.07 Å². The summed E-state index contributed by atoms with van der Waals surface area (Å²) in [4.78, 5) is 12.5. The van der Waals surface area contributed by atoms with E-state index in [1.165, 1.54) is 18.2 Å². The minimum absolute atomic E-state index is 0.353. The van der Waals surface area contributed by atoms with Crippen LogP contribution < -0.4 is 5.32 Å². The molecule has 2 aromatic carbocycles. The molecule has 1 amide bonds. The Bertz CT molecular complexity index is 928. The van der Waals surface area contributed by atoms with Gasteiger partial charge in [0.15, 0.2) is 0 Å². The van der Waals surface area contributed by atoms with Crippen LogP contribution >= 0.6 is 0 Å². The number of aromatic nitrogens is 1. The maximum atomic E-state index is 13.7. The first kappa shape index (κ1) is 15.2. The number of nitrogens with one attached hydrogen (secondary N) is 1. The van der Waals surface area contributed by atoms with Crippen LogP contribution in [0.3, 0.4) is 0 Å². The van der Waals surface area contributed by atoms with Gasteiger partial charge in [0.1, 0.15) is 11.6 Å². The lowest BCUT2D eigenvalue weighted by Gasteiger charge is -2.09. The Morgan fingerprint density at radius 3 is 2.57 bits per heavy atom. The molecule has 0 aliphatic rings. The highest BCUT2D eigenvalue weighted by atomic mass is 19.1. The molecule has 1 aromatic heterocycles. The van der Waals surface area contributed by atoms with E-state index >= 15 is 0 Å². The number of anilines is 1. The van der Waals surface area contributed by atoms with Gasteiger partial charge >= 0.3 is 0 Å². The molecule has 0 fully saturated rings. The topological polar surface area (TPSA) is 34.0 Å². The lowest BCUT2D eigenvalue weighted by atomic mass is 10.1. The van der Waals surface area contributed by atoms with Crippen molar-refractivity contribution in [2.75, 3.05) is 5.32 Å². The molecule has 5 heteroatoms. The van der Waals surface area contributed by atoms with Crippen molar-refractivity contribution in [2.45, 2.75) is 13.8 Å². The van der Waals surface area contributed by atoms with Crippen molar-refractivity contribution in [3.63, 3.8) is 0 Å². The summed E-state index contributed by atoms with van der Waals surface area (Å²) < 4.78 is 28.8. The zero-order chi connectivity index (χ0) is 16.7. The van der Waals surface area contributed by atoms with Crippen LogP contribution in [0.15, 0.2) is 36.5 Å². The largest absolute Gasteiger partial charge is 0.350 e. The van der Waals surface area contributed by atoms with Gasteiger partial charge in [-0.15, -0.1) is 0 Å². The van der Waals surface area contributed by atoms with Gasteiger partial charge in [-0.2, -0.15) is 0 Å². The molecule has 0 radical (unpaired) electrons. The maximum absolute atomic E-state index is 13.7. The minimum atomic E-state index is -0.370. The number of halogens is 2. The maximum Gasteiger partial charge on any atom is 0.257 e. The van der Waals surface area contributed by atoms with E-state index in [-0.39, 0.29) is 17.5 Å². The third-order valence-corrected chi connectivity index (χ3v) is 3.95. The summed E-state index contributed by atoms with van der Waals surface area (Å²) in [5, 5.41) is 3.38. The molecule has 0 unspecified atom stereocenters. The highest BCUT2D eigenvalue weighted by molar-refractivity contribution is 6.13. The van der Waals surface area contributed by atoms with E-state index in [0.29, 0.717) is 27.7 Å². The zero-order valence-corrected chi connectivity index (χ0v) is 13.1. The molecule has 3 nitrogen and oxygen atoms in total. The third kappa shape index (κ3) is 2.70. The van der Waals surface area contributed by atoms with Gasteiger partial charge in [0.2, 0.25) is 0 Å². The third-order valence-electron chi connectivity index (χ3n) is 3.95. The van der Waals surface area contributed by atoms with Crippen LogP contribution in [0.1, 0.15) is 21.5 Å². The van der Waals surface area contributed by atoms with Gasteiger partial charge in [0, 0.05) is 24.3 Å². The molecule has 3 aromatic rings. The van der Waals surface area contributed by atoms with Crippen LogP contribution in [0.5, 0.6) is 0 Å². The summed E-state index contributed by atoms with van der Waals surface area (Å²) in [5.74, 6) is -1.08. The summed E-state index contributed by atoms with van der Waals surface area (Å²) in [7, 11) is 1.75. The number of aryl methyl sites for hydroxylation is 3. The van der Waals surface area contributed by atoms with Crippen LogP contribution in [-0.4, -0.2) is 10.5 Å². The number of nitrogens with zero attached hydrogens (tertiary/aromatic N) is 1. The normalized spacial score (nSPS) is 11.0. The summed E-state index contributed by atoms with van der Waals surface area (Å²) >= 11 is 0. The average molecular weight is 314 g/mol. The molecule has 118 valence electrons. The Kier molecular flexibility index (Phi) is 3.64. The smallest absolute Gasteiger partial charge is 0.257 e. The summed E-state index contributed by atoms with van der Waals surface area (Å²) in [6.07, 6.45) is 1.64. The molecule has 0 aliphatic heterocycles. The van der Waals surface area contributed by atoms with Gasteiger partial charge < -0.3 is 9.88 Å². The number of amides is 1. The highest BCUT2D eigenvalue weighted by Crippen LogP contribution is 2.24. The molecule has 0 spiro atoms. The first-order chi connectivity index (χ1) is 10.9. The van der Waals surface area contributed by atoms with E-state index < -0.39 is 0 Å². The van der Waals surface area contributed by atoms with Crippen LogP contribution in [0.2, 0.25) is 0 Å². The Labute approximate surface area is 132 Å². The minimum Gasteiger partial charge on any atom is -0.350 e. The standard InChI is InChI=1S/C18H16F2N2O/c1-10-6-11(2)16(8-15(10)20)21-18(23)14-9-22(3)17-7-12(19)4-5-13(14)17/h4-9H,1-3H3,(H,21,23).